The average molecular weight is 387 g/mol. The molecule has 1 amide bonds. The molecule has 5 nitrogen and oxygen atoms in total. The molecule has 3 aromatic rings. The molecule has 29 heavy (non-hydrogen) atoms. The van der Waals surface area contributed by atoms with Gasteiger partial charge in [0.25, 0.3) is 11.5 Å². The van der Waals surface area contributed by atoms with E-state index in [9.17, 15) is 9.59 Å². The normalized spacial score (nSPS) is 12.6. The molecule has 4 rings (SSSR count). The highest BCUT2D eigenvalue weighted by Crippen LogP contribution is 2.27. The van der Waals surface area contributed by atoms with Crippen LogP contribution in [-0.4, -0.2) is 34.0 Å². The minimum absolute atomic E-state index is 0.242. The largest absolute Gasteiger partial charge is 0.341 e. The molecule has 1 aliphatic carbocycles. The highest BCUT2D eigenvalue weighted by atomic mass is 16.2. The summed E-state index contributed by atoms with van der Waals surface area (Å²) in [7, 11) is 1.74. The zero-order valence-electron chi connectivity index (χ0n) is 16.9. The lowest BCUT2D eigenvalue weighted by atomic mass is 10.1. The van der Waals surface area contributed by atoms with E-state index < -0.39 is 0 Å². The van der Waals surface area contributed by atoms with Gasteiger partial charge in [0.15, 0.2) is 0 Å². The first-order valence-electron chi connectivity index (χ1n) is 10.0. The molecule has 0 fully saturated rings. The monoisotopic (exact) mass is 387 g/mol. The van der Waals surface area contributed by atoms with Crippen molar-refractivity contribution < 1.29 is 4.79 Å². The first kappa shape index (κ1) is 19.1. The number of hydrogen-bond acceptors (Lipinski definition) is 3. The van der Waals surface area contributed by atoms with Gasteiger partial charge in [-0.25, -0.2) is 0 Å². The van der Waals surface area contributed by atoms with E-state index in [-0.39, 0.29) is 17.0 Å². The van der Waals surface area contributed by atoms with Crippen LogP contribution in [0.4, 0.5) is 0 Å². The molecule has 0 spiro atoms. The van der Waals surface area contributed by atoms with Crippen molar-refractivity contribution in [3.05, 3.63) is 93.2 Å². The summed E-state index contributed by atoms with van der Waals surface area (Å²) in [5.41, 5.74) is 5.04. The van der Waals surface area contributed by atoms with Crippen LogP contribution in [0.25, 0.3) is 5.69 Å². The average Bonchev–Trinajstić information content (AvgIpc) is 3.22. The lowest BCUT2D eigenvalue weighted by molar-refractivity contribution is 0.0793. The van der Waals surface area contributed by atoms with Crippen molar-refractivity contribution >= 4 is 5.91 Å². The molecule has 0 unspecified atom stereocenters. The van der Waals surface area contributed by atoms with Crippen LogP contribution in [0.5, 0.6) is 0 Å². The minimum Gasteiger partial charge on any atom is -0.341 e. The van der Waals surface area contributed by atoms with E-state index in [4.69, 9.17) is 0 Å². The SMILES string of the molecule is Cc1ccn(-c2cccc3c2CCC3)c(=O)c1C(=O)N(C)CCc1ccccn1. The van der Waals surface area contributed by atoms with Gasteiger partial charge in [-0.05, 0) is 67.1 Å². The Bertz CT molecular complexity index is 1100. The van der Waals surface area contributed by atoms with E-state index in [2.05, 4.69) is 11.1 Å². The molecule has 2 aromatic heterocycles. The summed E-state index contributed by atoms with van der Waals surface area (Å²) in [6.45, 7) is 2.32. The van der Waals surface area contributed by atoms with Crippen molar-refractivity contribution in [1.82, 2.24) is 14.5 Å². The molecule has 1 aromatic carbocycles. The first-order chi connectivity index (χ1) is 14.1. The van der Waals surface area contributed by atoms with Gasteiger partial charge in [0.05, 0.1) is 5.69 Å². The highest BCUT2D eigenvalue weighted by Gasteiger charge is 2.22. The molecule has 148 valence electrons. The van der Waals surface area contributed by atoms with E-state index in [1.165, 1.54) is 11.1 Å². The molecule has 0 radical (unpaired) electrons. The van der Waals surface area contributed by atoms with Gasteiger partial charge >= 0.3 is 0 Å². The van der Waals surface area contributed by atoms with Gasteiger partial charge in [0.2, 0.25) is 0 Å². The first-order valence-corrected chi connectivity index (χ1v) is 10.0. The molecule has 0 saturated carbocycles. The Labute approximate surface area is 170 Å². The van der Waals surface area contributed by atoms with Crippen molar-refractivity contribution in [2.75, 3.05) is 13.6 Å². The number of aromatic nitrogens is 2. The highest BCUT2D eigenvalue weighted by molar-refractivity contribution is 5.95. The molecule has 0 saturated heterocycles. The summed E-state index contributed by atoms with van der Waals surface area (Å²) in [6, 6.07) is 13.7. The number of hydrogen-bond donors (Lipinski definition) is 0. The smallest absolute Gasteiger partial charge is 0.268 e. The number of nitrogens with zero attached hydrogens (tertiary/aromatic N) is 3. The number of likely N-dealkylation sites (N-methyl/N-ethyl adjacent to an activating group) is 1. The third kappa shape index (κ3) is 3.73. The summed E-state index contributed by atoms with van der Waals surface area (Å²) in [6.07, 6.45) is 7.31. The van der Waals surface area contributed by atoms with Gasteiger partial charge < -0.3 is 4.90 Å². The Morgan fingerprint density at radius 1 is 1.14 bits per heavy atom. The predicted octanol–water partition coefficient (Wildman–Crippen LogP) is 3.34. The van der Waals surface area contributed by atoms with E-state index in [1.54, 1.807) is 28.9 Å². The van der Waals surface area contributed by atoms with Crippen molar-refractivity contribution in [3.8, 4) is 5.69 Å². The van der Waals surface area contributed by atoms with E-state index >= 15 is 0 Å². The van der Waals surface area contributed by atoms with Crippen molar-refractivity contribution in [2.45, 2.75) is 32.6 Å². The summed E-state index contributed by atoms with van der Waals surface area (Å²) in [5.74, 6) is -0.245. The maximum atomic E-state index is 13.3. The topological polar surface area (TPSA) is 55.2 Å². The van der Waals surface area contributed by atoms with Gasteiger partial charge in [-0.15, -0.1) is 0 Å². The van der Waals surface area contributed by atoms with Crippen LogP contribution >= 0.6 is 0 Å². The second kappa shape index (κ2) is 8.03. The molecule has 0 atom stereocenters. The van der Waals surface area contributed by atoms with Crippen LogP contribution in [0.1, 0.15) is 39.2 Å². The maximum absolute atomic E-state index is 13.3. The molecule has 0 aliphatic heterocycles. The van der Waals surface area contributed by atoms with Gasteiger partial charge in [-0.3, -0.25) is 19.1 Å². The van der Waals surface area contributed by atoms with Crippen LogP contribution < -0.4 is 5.56 Å². The fraction of sp³-hybridized carbons (Fsp3) is 0.292. The number of rotatable bonds is 5. The Hall–Kier alpha value is -3.21. The zero-order chi connectivity index (χ0) is 20.4. The van der Waals surface area contributed by atoms with Crippen LogP contribution in [0, 0.1) is 6.92 Å². The molecule has 0 N–H and O–H groups in total. The summed E-state index contributed by atoms with van der Waals surface area (Å²) >= 11 is 0. The Morgan fingerprint density at radius 3 is 2.79 bits per heavy atom. The van der Waals surface area contributed by atoms with Crippen LogP contribution in [0.2, 0.25) is 0 Å². The van der Waals surface area contributed by atoms with Gasteiger partial charge in [-0.1, -0.05) is 18.2 Å². The third-order valence-corrected chi connectivity index (χ3v) is 5.67. The van der Waals surface area contributed by atoms with Gasteiger partial charge in [-0.2, -0.15) is 0 Å². The molecular weight excluding hydrogens is 362 g/mol. The number of carbonyl (C=O) groups excluding carboxylic acids is 1. The molecule has 2 heterocycles. The van der Waals surface area contributed by atoms with Gasteiger partial charge in [0.1, 0.15) is 5.56 Å². The third-order valence-electron chi connectivity index (χ3n) is 5.67. The molecule has 0 bridgehead atoms. The Balaban J connectivity index is 1.64. The Morgan fingerprint density at radius 2 is 2.00 bits per heavy atom. The molecular formula is C24H25N3O2. The van der Waals surface area contributed by atoms with Gasteiger partial charge in [0, 0.05) is 38.1 Å². The summed E-state index contributed by atoms with van der Waals surface area (Å²) < 4.78 is 1.64. The minimum atomic E-state index is -0.250. The standard InChI is InChI=1S/C24H25N3O2/c1-17-12-16-27(21-11-6-8-18-7-5-10-20(18)21)24(29)22(17)23(28)26(2)15-13-19-9-3-4-14-25-19/h3-4,6,8-9,11-12,14,16H,5,7,10,13,15H2,1-2H3. The fourth-order valence-electron chi connectivity index (χ4n) is 4.02. The Kier molecular flexibility index (Phi) is 5.30. The number of carbonyl (C=O) groups is 1. The summed E-state index contributed by atoms with van der Waals surface area (Å²) in [4.78, 5) is 32.3. The summed E-state index contributed by atoms with van der Waals surface area (Å²) in [5, 5.41) is 0. The van der Waals surface area contributed by atoms with E-state index in [0.717, 1.165) is 30.6 Å². The van der Waals surface area contributed by atoms with E-state index in [1.807, 2.05) is 43.3 Å². The predicted molar refractivity (Wildman–Crippen MR) is 114 cm³/mol. The second-order valence-electron chi connectivity index (χ2n) is 7.62. The number of amides is 1. The van der Waals surface area contributed by atoms with Crippen LogP contribution in [0.3, 0.4) is 0 Å². The van der Waals surface area contributed by atoms with E-state index in [0.29, 0.717) is 18.5 Å². The zero-order valence-corrected chi connectivity index (χ0v) is 16.9. The van der Waals surface area contributed by atoms with Crippen LogP contribution in [-0.2, 0) is 19.3 Å². The molecule has 1 aliphatic rings. The van der Waals surface area contributed by atoms with Crippen LogP contribution in [0.15, 0.2) is 59.7 Å². The van der Waals surface area contributed by atoms with Crippen molar-refractivity contribution in [1.29, 1.82) is 0 Å². The fourth-order valence-corrected chi connectivity index (χ4v) is 4.02. The number of fused-ring (bicyclic) bond motifs is 1. The lowest BCUT2D eigenvalue weighted by Gasteiger charge is -2.19. The lowest BCUT2D eigenvalue weighted by Crippen LogP contribution is -2.36. The number of pyridine rings is 2. The van der Waals surface area contributed by atoms with Crippen molar-refractivity contribution in [2.24, 2.45) is 0 Å². The quantitative estimate of drug-likeness (QED) is 0.675. The maximum Gasteiger partial charge on any atom is 0.268 e. The number of benzene rings is 1. The van der Waals surface area contributed by atoms with Crippen molar-refractivity contribution in [3.63, 3.8) is 0 Å². The second-order valence-corrected chi connectivity index (χ2v) is 7.62. The number of aryl methyl sites for hydroxylation is 2. The molecule has 5 heteroatoms.